The van der Waals surface area contributed by atoms with Gasteiger partial charge in [-0.3, -0.25) is 0 Å². The lowest BCUT2D eigenvalue weighted by molar-refractivity contribution is 0.251. The molecule has 0 bridgehead atoms. The molecule has 0 atom stereocenters. The van der Waals surface area contributed by atoms with Gasteiger partial charge >= 0.3 is 0 Å². The number of piperidine rings is 1. The minimum absolute atomic E-state index is 0.0700. The summed E-state index contributed by atoms with van der Waals surface area (Å²) in [6, 6.07) is 0. The average molecular weight is 297 g/mol. The number of rotatable bonds is 5. The van der Waals surface area contributed by atoms with Crippen molar-refractivity contribution in [3.05, 3.63) is 18.2 Å². The average Bonchev–Trinajstić information content (AvgIpc) is 3.22. The molecular weight excluding hydrogens is 274 g/mol. The third-order valence-corrected chi connectivity index (χ3v) is 6.85. The number of imidazole rings is 1. The summed E-state index contributed by atoms with van der Waals surface area (Å²) in [6.45, 7) is 4.48. The van der Waals surface area contributed by atoms with Gasteiger partial charge in [0.2, 0.25) is 10.0 Å². The van der Waals surface area contributed by atoms with Crippen LogP contribution in [0.5, 0.6) is 0 Å². The molecule has 112 valence electrons. The fourth-order valence-electron chi connectivity index (χ4n) is 3.02. The normalized spacial score (nSPS) is 22.2. The summed E-state index contributed by atoms with van der Waals surface area (Å²) in [6.07, 6.45) is 8.48. The van der Waals surface area contributed by atoms with E-state index in [0.29, 0.717) is 19.0 Å². The smallest absolute Gasteiger partial charge is 0.216 e. The van der Waals surface area contributed by atoms with Crippen LogP contribution in [0.3, 0.4) is 0 Å². The molecule has 1 aromatic heterocycles. The van der Waals surface area contributed by atoms with Crippen molar-refractivity contribution in [1.82, 2.24) is 13.9 Å². The maximum absolute atomic E-state index is 12.2. The largest absolute Gasteiger partial charge is 0.335 e. The van der Waals surface area contributed by atoms with Crippen LogP contribution in [-0.2, 0) is 23.0 Å². The lowest BCUT2D eigenvalue weighted by Gasteiger charge is -2.31. The molecule has 0 radical (unpaired) electrons. The third-order valence-electron chi connectivity index (χ3n) is 4.45. The summed E-state index contributed by atoms with van der Waals surface area (Å²) in [7, 11) is -2.97. The van der Waals surface area contributed by atoms with Crippen LogP contribution < -0.4 is 0 Å². The van der Waals surface area contributed by atoms with Gasteiger partial charge in [0.1, 0.15) is 5.82 Å². The summed E-state index contributed by atoms with van der Waals surface area (Å²) in [5.74, 6) is 1.69. The molecule has 0 aromatic carbocycles. The fraction of sp³-hybridized carbons (Fsp3) is 0.786. The van der Waals surface area contributed by atoms with Gasteiger partial charge in [-0.2, -0.15) is 0 Å². The standard InChI is InChI=1S/C14H23N3O2S/c1-2-14-15-7-10-16(14)11-12-5-8-17(9-6-12)20(18,19)13-3-4-13/h7,10,12-13H,2-6,8-9,11H2,1H3. The predicted octanol–water partition coefficient (Wildman–Crippen LogP) is 1.65. The van der Waals surface area contributed by atoms with Crippen molar-refractivity contribution >= 4 is 10.0 Å². The first-order valence-electron chi connectivity index (χ1n) is 7.60. The van der Waals surface area contributed by atoms with Gasteiger partial charge in [0.25, 0.3) is 0 Å². The second kappa shape index (κ2) is 5.48. The maximum Gasteiger partial charge on any atom is 0.216 e. The Hall–Kier alpha value is -0.880. The Labute approximate surface area is 121 Å². The molecule has 1 saturated heterocycles. The van der Waals surface area contributed by atoms with Gasteiger partial charge in [-0.15, -0.1) is 0 Å². The van der Waals surface area contributed by atoms with E-state index in [1.165, 1.54) is 0 Å². The molecule has 6 heteroatoms. The second-order valence-electron chi connectivity index (χ2n) is 5.94. The van der Waals surface area contributed by atoms with E-state index in [1.807, 2.05) is 12.4 Å². The number of hydrogen-bond donors (Lipinski definition) is 0. The van der Waals surface area contributed by atoms with E-state index in [1.54, 1.807) is 4.31 Å². The van der Waals surface area contributed by atoms with E-state index in [4.69, 9.17) is 0 Å². The van der Waals surface area contributed by atoms with Crippen molar-refractivity contribution in [2.75, 3.05) is 13.1 Å². The highest BCUT2D eigenvalue weighted by atomic mass is 32.2. The summed E-state index contributed by atoms with van der Waals surface area (Å²) >= 11 is 0. The summed E-state index contributed by atoms with van der Waals surface area (Å²) < 4.78 is 28.3. The topological polar surface area (TPSA) is 55.2 Å². The number of hydrogen-bond acceptors (Lipinski definition) is 3. The molecule has 1 aromatic rings. The fourth-order valence-corrected chi connectivity index (χ4v) is 4.90. The van der Waals surface area contributed by atoms with Crippen LogP contribution in [0.1, 0.15) is 38.4 Å². The molecule has 0 spiro atoms. The summed E-state index contributed by atoms with van der Waals surface area (Å²) in [4.78, 5) is 4.34. The molecule has 1 aliphatic heterocycles. The van der Waals surface area contributed by atoms with Crippen molar-refractivity contribution in [2.45, 2.75) is 50.8 Å². The van der Waals surface area contributed by atoms with Crippen molar-refractivity contribution in [3.8, 4) is 0 Å². The molecule has 1 saturated carbocycles. The Balaban J connectivity index is 1.56. The molecule has 5 nitrogen and oxygen atoms in total. The van der Waals surface area contributed by atoms with Crippen molar-refractivity contribution in [2.24, 2.45) is 5.92 Å². The van der Waals surface area contributed by atoms with Gasteiger partial charge < -0.3 is 4.57 Å². The van der Waals surface area contributed by atoms with Crippen LogP contribution in [0.25, 0.3) is 0 Å². The third kappa shape index (κ3) is 2.76. The zero-order valence-corrected chi connectivity index (χ0v) is 12.8. The van der Waals surface area contributed by atoms with Gasteiger partial charge in [0, 0.05) is 38.4 Å². The Morgan fingerprint density at radius 1 is 1.25 bits per heavy atom. The van der Waals surface area contributed by atoms with Crippen LogP contribution in [0, 0.1) is 5.92 Å². The van der Waals surface area contributed by atoms with E-state index in [9.17, 15) is 8.42 Å². The maximum atomic E-state index is 12.2. The van der Waals surface area contributed by atoms with Gasteiger partial charge in [-0.05, 0) is 31.6 Å². The lowest BCUT2D eigenvalue weighted by atomic mass is 9.98. The molecule has 2 fully saturated rings. The first kappa shape index (κ1) is 14.1. The zero-order valence-electron chi connectivity index (χ0n) is 12.0. The summed E-state index contributed by atoms with van der Waals surface area (Å²) in [5, 5.41) is -0.0700. The number of nitrogens with zero attached hydrogens (tertiary/aromatic N) is 3. The van der Waals surface area contributed by atoms with Crippen LogP contribution in [0.4, 0.5) is 0 Å². The van der Waals surface area contributed by atoms with Gasteiger partial charge in [0.05, 0.1) is 5.25 Å². The van der Waals surface area contributed by atoms with Gasteiger partial charge in [-0.1, -0.05) is 6.92 Å². The van der Waals surface area contributed by atoms with Crippen LogP contribution >= 0.6 is 0 Å². The van der Waals surface area contributed by atoms with Crippen LogP contribution in [0.15, 0.2) is 12.4 Å². The van der Waals surface area contributed by atoms with E-state index < -0.39 is 10.0 Å². The second-order valence-corrected chi connectivity index (χ2v) is 8.15. The van der Waals surface area contributed by atoms with Crippen molar-refractivity contribution in [3.63, 3.8) is 0 Å². The molecule has 2 aliphatic rings. The number of sulfonamides is 1. The molecule has 3 rings (SSSR count). The molecular formula is C14H23N3O2S. The van der Waals surface area contributed by atoms with Crippen molar-refractivity contribution in [1.29, 1.82) is 0 Å². The molecule has 0 amide bonds. The molecule has 2 heterocycles. The minimum atomic E-state index is -2.97. The van der Waals surface area contributed by atoms with E-state index in [0.717, 1.165) is 44.5 Å². The number of aromatic nitrogens is 2. The molecule has 20 heavy (non-hydrogen) atoms. The van der Waals surface area contributed by atoms with Crippen LogP contribution in [0.2, 0.25) is 0 Å². The quantitative estimate of drug-likeness (QED) is 0.830. The Morgan fingerprint density at radius 2 is 1.95 bits per heavy atom. The monoisotopic (exact) mass is 297 g/mol. The zero-order chi connectivity index (χ0) is 14.2. The van der Waals surface area contributed by atoms with Crippen LogP contribution in [-0.4, -0.2) is 40.6 Å². The minimum Gasteiger partial charge on any atom is -0.335 e. The highest BCUT2D eigenvalue weighted by Crippen LogP contribution is 2.33. The summed E-state index contributed by atoms with van der Waals surface area (Å²) in [5.41, 5.74) is 0. The molecule has 0 N–H and O–H groups in total. The number of aryl methyl sites for hydroxylation is 1. The highest BCUT2D eigenvalue weighted by molar-refractivity contribution is 7.90. The van der Waals surface area contributed by atoms with Gasteiger partial charge in [-0.25, -0.2) is 17.7 Å². The Bertz CT molecular complexity index is 555. The Kier molecular flexibility index (Phi) is 3.86. The SMILES string of the molecule is CCc1nccn1CC1CCN(S(=O)(=O)C2CC2)CC1. The lowest BCUT2D eigenvalue weighted by Crippen LogP contribution is -2.41. The van der Waals surface area contributed by atoms with Crippen molar-refractivity contribution < 1.29 is 8.42 Å². The molecule has 1 aliphatic carbocycles. The first-order chi connectivity index (χ1) is 9.61. The van der Waals surface area contributed by atoms with E-state index in [2.05, 4.69) is 16.5 Å². The van der Waals surface area contributed by atoms with Gasteiger partial charge in [0.15, 0.2) is 0 Å². The van der Waals surface area contributed by atoms with E-state index in [-0.39, 0.29) is 5.25 Å². The first-order valence-corrected chi connectivity index (χ1v) is 9.10. The predicted molar refractivity (Wildman–Crippen MR) is 77.8 cm³/mol. The Morgan fingerprint density at radius 3 is 2.55 bits per heavy atom. The molecule has 0 unspecified atom stereocenters. The van der Waals surface area contributed by atoms with E-state index >= 15 is 0 Å². The highest BCUT2D eigenvalue weighted by Gasteiger charge is 2.41.